The molecule has 9 unspecified atom stereocenters. The van der Waals surface area contributed by atoms with Crippen LogP contribution in [0.2, 0.25) is 0 Å². The van der Waals surface area contributed by atoms with Crippen molar-refractivity contribution in [3.63, 3.8) is 0 Å². The molecule has 1 saturated heterocycles. The number of nitrogens with zero attached hydrogens (tertiary/aromatic N) is 5. The highest BCUT2D eigenvalue weighted by Gasteiger charge is 2.60. The number of aryl methyl sites for hydroxylation is 2. The van der Waals surface area contributed by atoms with Crippen molar-refractivity contribution in [3.05, 3.63) is 49.2 Å². The van der Waals surface area contributed by atoms with Gasteiger partial charge < -0.3 is 29.4 Å². The normalized spacial score (nSPS) is 35.0. The van der Waals surface area contributed by atoms with E-state index in [1.807, 2.05) is 27.7 Å². The molecule has 9 atom stereocenters. The number of carbonyl (C=O) groups excluding carboxylic acids is 2. The van der Waals surface area contributed by atoms with Gasteiger partial charge in [-0.3, -0.25) is 9.59 Å². The minimum Gasteiger partial charge on any atom is -0.369 e. The number of morpholine rings is 1. The summed E-state index contributed by atoms with van der Waals surface area (Å²) in [6.45, 7) is 2.64. The van der Waals surface area contributed by atoms with Crippen LogP contribution in [-0.2, 0) is 27.4 Å². The van der Waals surface area contributed by atoms with E-state index in [1.54, 1.807) is 25.0 Å². The summed E-state index contributed by atoms with van der Waals surface area (Å²) in [6.07, 6.45) is 19.6. The zero-order chi connectivity index (χ0) is 29.3. The predicted molar refractivity (Wildman–Crippen MR) is 157 cm³/mol. The number of carbonyl (C=O) groups is 2. The third kappa shape index (κ3) is 5.66. The van der Waals surface area contributed by atoms with Crippen molar-refractivity contribution in [1.29, 1.82) is 0 Å². The van der Waals surface area contributed by atoms with Crippen LogP contribution >= 0.6 is 0 Å². The van der Waals surface area contributed by atoms with E-state index in [2.05, 4.69) is 25.5 Å². The quantitative estimate of drug-likeness (QED) is 0.322. The largest absolute Gasteiger partial charge is 0.369 e. The molecule has 43 heavy (non-hydrogen) atoms. The number of imidazole rings is 2. The van der Waals surface area contributed by atoms with E-state index in [4.69, 9.17) is 4.74 Å². The third-order valence-electron chi connectivity index (χ3n) is 10.7. The topological polar surface area (TPSA) is 106 Å². The van der Waals surface area contributed by atoms with Crippen LogP contribution in [0.5, 0.6) is 0 Å². The Balaban J connectivity index is 1.11. The zero-order valence-electron chi connectivity index (χ0n) is 24.8. The number of hydrogen-bond acceptors (Lipinski definition) is 7. The van der Waals surface area contributed by atoms with E-state index >= 15 is 4.39 Å². The van der Waals surface area contributed by atoms with Crippen molar-refractivity contribution >= 4 is 11.7 Å². The highest BCUT2D eigenvalue weighted by molar-refractivity contribution is 6.20. The van der Waals surface area contributed by atoms with Gasteiger partial charge in [-0.15, -0.1) is 0 Å². The lowest BCUT2D eigenvalue weighted by atomic mass is 9.63. The summed E-state index contributed by atoms with van der Waals surface area (Å²) >= 11 is 0. The Kier molecular flexibility index (Phi) is 8.35. The Bertz CT molecular complexity index is 1280. The fraction of sp³-hybridized carbons (Fsp3) is 0.688. The third-order valence-corrected chi connectivity index (χ3v) is 10.7. The van der Waals surface area contributed by atoms with Gasteiger partial charge >= 0.3 is 0 Å². The first-order chi connectivity index (χ1) is 21.1. The number of halogens is 1. The molecular formula is C32H44FN7O3. The van der Waals surface area contributed by atoms with Crippen LogP contribution in [0.25, 0.3) is 0 Å². The predicted octanol–water partition coefficient (Wildman–Crippen LogP) is 2.87. The van der Waals surface area contributed by atoms with Crippen molar-refractivity contribution < 1.29 is 18.7 Å². The van der Waals surface area contributed by atoms with Gasteiger partial charge in [0.05, 0.1) is 48.6 Å². The number of rotatable bonds is 10. The van der Waals surface area contributed by atoms with Gasteiger partial charge in [-0.05, 0) is 56.9 Å². The van der Waals surface area contributed by atoms with Crippen LogP contribution in [0.3, 0.4) is 0 Å². The van der Waals surface area contributed by atoms with Gasteiger partial charge in [-0.2, -0.15) is 0 Å². The molecule has 0 bridgehead atoms. The highest BCUT2D eigenvalue weighted by Crippen LogP contribution is 2.51. The number of amides is 1. The lowest BCUT2D eigenvalue weighted by Gasteiger charge is -2.62. The van der Waals surface area contributed by atoms with Gasteiger partial charge in [0.2, 0.25) is 0 Å². The number of aromatic nitrogens is 4. The minimum absolute atomic E-state index is 0.0225. The van der Waals surface area contributed by atoms with Crippen LogP contribution in [0.4, 0.5) is 4.39 Å². The molecule has 3 aliphatic carbocycles. The van der Waals surface area contributed by atoms with E-state index in [1.165, 1.54) is 19.3 Å². The van der Waals surface area contributed by atoms with Crippen molar-refractivity contribution in [2.45, 2.75) is 107 Å². The summed E-state index contributed by atoms with van der Waals surface area (Å²) in [5.41, 5.74) is 0.181. The van der Waals surface area contributed by atoms with Gasteiger partial charge in [0.25, 0.3) is 5.91 Å². The van der Waals surface area contributed by atoms with Gasteiger partial charge in [-0.1, -0.05) is 19.3 Å². The van der Waals surface area contributed by atoms with E-state index < -0.39 is 24.2 Å². The van der Waals surface area contributed by atoms with Crippen molar-refractivity contribution in [2.75, 3.05) is 13.1 Å². The second-order valence-electron chi connectivity index (χ2n) is 13.2. The molecule has 1 amide bonds. The van der Waals surface area contributed by atoms with Gasteiger partial charge in [0.1, 0.15) is 6.17 Å². The fourth-order valence-electron chi connectivity index (χ4n) is 8.74. The first-order valence-electron chi connectivity index (χ1n) is 16.3. The monoisotopic (exact) mass is 593 g/mol. The van der Waals surface area contributed by atoms with Crippen molar-refractivity contribution in [1.82, 2.24) is 34.6 Å². The maximum Gasteiger partial charge on any atom is 0.256 e. The molecule has 2 N–H and O–H groups in total. The molecule has 4 fully saturated rings. The molecular weight excluding hydrogens is 549 g/mol. The Hall–Kier alpha value is -3.05. The zero-order valence-corrected chi connectivity index (χ0v) is 24.8. The summed E-state index contributed by atoms with van der Waals surface area (Å²) < 4.78 is 26.9. The summed E-state index contributed by atoms with van der Waals surface area (Å²) in [4.78, 5) is 37.9. The first kappa shape index (κ1) is 28.7. The average Bonchev–Trinajstić information content (AvgIpc) is 3.74. The SMILES string of the molecule is O=C(NCCCn1ccnc1)C1=CN2C3C(CCC4CCCCC43)OC3C(NCCCn4ccnc4)C(F)CC(C1=O)C32. The minimum atomic E-state index is -1.23. The van der Waals surface area contributed by atoms with E-state index in [0.717, 1.165) is 45.2 Å². The molecule has 0 radical (unpaired) electrons. The highest BCUT2D eigenvalue weighted by atomic mass is 19.1. The smallest absolute Gasteiger partial charge is 0.256 e. The first-order valence-corrected chi connectivity index (χ1v) is 16.3. The van der Waals surface area contributed by atoms with Crippen molar-refractivity contribution in [2.24, 2.45) is 17.8 Å². The molecule has 2 aromatic rings. The maximum atomic E-state index is 16.0. The van der Waals surface area contributed by atoms with Gasteiger partial charge in [0, 0.05) is 56.5 Å². The number of fused-ring (bicyclic) bond motifs is 4. The Morgan fingerprint density at radius 1 is 0.977 bits per heavy atom. The summed E-state index contributed by atoms with van der Waals surface area (Å²) in [7, 11) is 0. The molecule has 11 heteroatoms. The lowest BCUT2D eigenvalue weighted by molar-refractivity contribution is -0.215. The molecule has 10 nitrogen and oxygen atoms in total. The Labute approximate surface area is 252 Å². The number of ether oxygens (including phenoxy) is 1. The number of alkyl halides is 1. The number of Topliss-reactive ketones (excluding diaryl/α,β-unsaturated/α-hetero) is 1. The van der Waals surface area contributed by atoms with E-state index in [-0.39, 0.29) is 41.9 Å². The van der Waals surface area contributed by atoms with Crippen LogP contribution in [0, 0.1) is 17.8 Å². The van der Waals surface area contributed by atoms with E-state index in [0.29, 0.717) is 24.9 Å². The van der Waals surface area contributed by atoms with E-state index in [9.17, 15) is 9.59 Å². The molecule has 2 aliphatic heterocycles. The summed E-state index contributed by atoms with van der Waals surface area (Å²) in [6, 6.07) is -0.625. The molecule has 7 rings (SSSR count). The fourth-order valence-corrected chi connectivity index (χ4v) is 8.74. The maximum absolute atomic E-state index is 16.0. The molecule has 2 aromatic heterocycles. The molecule has 5 aliphatic rings. The molecule has 0 aromatic carbocycles. The van der Waals surface area contributed by atoms with Crippen molar-refractivity contribution in [3.8, 4) is 0 Å². The Morgan fingerprint density at radius 3 is 2.47 bits per heavy atom. The number of ketones is 1. The van der Waals surface area contributed by atoms with Crippen LogP contribution in [0.15, 0.2) is 49.2 Å². The van der Waals surface area contributed by atoms with Crippen LogP contribution in [-0.4, -0.2) is 85.3 Å². The molecule has 232 valence electrons. The second-order valence-corrected chi connectivity index (χ2v) is 13.2. The molecule has 4 heterocycles. The standard InChI is InChI=1S/C32H44FN7O3/c33-25-17-23-29-31(27(25)36-9-3-13-38-15-11-34-19-38)43-26-8-7-21-5-1-2-6-22(21)28(26)40(29)18-24(30(23)41)32(42)37-10-4-14-39-16-12-35-20-39/h11-12,15-16,18-23,25-29,31,36H,1-10,13-14,17H2,(H,37,42). The van der Waals surface area contributed by atoms with Gasteiger partial charge in [-0.25, -0.2) is 14.4 Å². The summed E-state index contributed by atoms with van der Waals surface area (Å²) in [5.74, 6) is -0.0551. The summed E-state index contributed by atoms with van der Waals surface area (Å²) in [5, 5.41) is 6.47. The second kappa shape index (κ2) is 12.5. The Morgan fingerprint density at radius 2 is 1.72 bits per heavy atom. The molecule has 0 spiro atoms. The van der Waals surface area contributed by atoms with Crippen LogP contribution < -0.4 is 10.6 Å². The molecule has 3 saturated carbocycles. The van der Waals surface area contributed by atoms with Gasteiger partial charge in [0.15, 0.2) is 5.78 Å². The number of hydrogen-bond donors (Lipinski definition) is 2. The number of nitrogens with one attached hydrogen (secondary N) is 2. The van der Waals surface area contributed by atoms with Crippen LogP contribution in [0.1, 0.15) is 57.8 Å². The lowest BCUT2D eigenvalue weighted by Crippen LogP contribution is -2.74. The average molecular weight is 594 g/mol.